The van der Waals surface area contributed by atoms with Crippen molar-refractivity contribution in [1.82, 2.24) is 4.98 Å². The summed E-state index contributed by atoms with van der Waals surface area (Å²) in [5, 5.41) is 2.23. The number of carbonyl (C=O) groups is 1. The van der Waals surface area contributed by atoms with E-state index in [0.29, 0.717) is 5.75 Å². The van der Waals surface area contributed by atoms with Crippen LogP contribution in [-0.2, 0) is 16.1 Å². The smallest absolute Gasteiger partial charge is 0.331 e. The maximum atomic E-state index is 12.0. The van der Waals surface area contributed by atoms with Crippen LogP contribution >= 0.6 is 0 Å². The van der Waals surface area contributed by atoms with E-state index in [1.807, 2.05) is 42.5 Å². The molecule has 0 fully saturated rings. The molecule has 120 valence electrons. The van der Waals surface area contributed by atoms with Crippen molar-refractivity contribution in [3.05, 3.63) is 78.1 Å². The lowest BCUT2D eigenvalue weighted by Crippen LogP contribution is -2.02. The van der Waals surface area contributed by atoms with Crippen molar-refractivity contribution < 1.29 is 14.3 Å². The standard InChI is InChI=1S/C20H17NO3/c1-23-19-11-12-21-13-17(19)14-24-20(22)10-9-16-7-4-6-15-5-2-3-8-18(15)16/h2-13H,14H2,1H3/b10-9+. The van der Waals surface area contributed by atoms with Crippen molar-refractivity contribution in [2.75, 3.05) is 7.11 Å². The van der Waals surface area contributed by atoms with Crippen LogP contribution in [0.4, 0.5) is 0 Å². The first kappa shape index (κ1) is 15.7. The van der Waals surface area contributed by atoms with Crippen LogP contribution in [-0.4, -0.2) is 18.1 Å². The van der Waals surface area contributed by atoms with E-state index < -0.39 is 5.97 Å². The zero-order valence-corrected chi connectivity index (χ0v) is 13.3. The summed E-state index contributed by atoms with van der Waals surface area (Å²) in [6.45, 7) is 0.121. The Kier molecular flexibility index (Phi) is 4.87. The molecule has 0 aliphatic heterocycles. The van der Waals surface area contributed by atoms with Crippen molar-refractivity contribution in [1.29, 1.82) is 0 Å². The summed E-state index contributed by atoms with van der Waals surface area (Å²) in [6, 6.07) is 15.7. The molecule has 0 aliphatic rings. The molecule has 3 rings (SSSR count). The lowest BCUT2D eigenvalue weighted by Gasteiger charge is -2.07. The number of fused-ring (bicyclic) bond motifs is 1. The summed E-state index contributed by atoms with van der Waals surface area (Å²) < 4.78 is 10.5. The van der Waals surface area contributed by atoms with Crippen molar-refractivity contribution in [2.45, 2.75) is 6.61 Å². The van der Waals surface area contributed by atoms with Crippen LogP contribution in [0.25, 0.3) is 16.8 Å². The molecule has 4 nitrogen and oxygen atoms in total. The minimum Gasteiger partial charge on any atom is -0.496 e. The largest absolute Gasteiger partial charge is 0.496 e. The molecule has 0 radical (unpaired) electrons. The third-order valence-electron chi connectivity index (χ3n) is 3.67. The summed E-state index contributed by atoms with van der Waals surface area (Å²) >= 11 is 0. The van der Waals surface area contributed by atoms with Crippen molar-refractivity contribution in [3.63, 3.8) is 0 Å². The predicted octanol–water partition coefficient (Wildman–Crippen LogP) is 4.00. The molecular weight excluding hydrogens is 302 g/mol. The van der Waals surface area contributed by atoms with Gasteiger partial charge >= 0.3 is 5.97 Å². The Balaban J connectivity index is 1.69. The number of hydrogen-bond donors (Lipinski definition) is 0. The number of rotatable bonds is 5. The second-order valence-electron chi connectivity index (χ2n) is 5.20. The lowest BCUT2D eigenvalue weighted by atomic mass is 10.0. The number of ether oxygens (including phenoxy) is 2. The third-order valence-corrected chi connectivity index (χ3v) is 3.67. The van der Waals surface area contributed by atoms with Gasteiger partial charge in [-0.15, -0.1) is 0 Å². The molecule has 0 saturated carbocycles. The molecule has 4 heteroatoms. The van der Waals surface area contributed by atoms with Gasteiger partial charge in [-0.2, -0.15) is 0 Å². The molecule has 24 heavy (non-hydrogen) atoms. The van der Waals surface area contributed by atoms with Crippen molar-refractivity contribution >= 4 is 22.8 Å². The Morgan fingerprint density at radius 2 is 1.96 bits per heavy atom. The highest BCUT2D eigenvalue weighted by Crippen LogP contribution is 2.20. The quantitative estimate of drug-likeness (QED) is 0.527. The molecule has 0 aliphatic carbocycles. The molecule has 1 heterocycles. The first-order chi connectivity index (χ1) is 11.8. The first-order valence-electron chi connectivity index (χ1n) is 7.57. The molecule has 3 aromatic rings. The number of methoxy groups -OCH3 is 1. The van der Waals surface area contributed by atoms with Gasteiger partial charge in [-0.05, 0) is 28.5 Å². The Hall–Kier alpha value is -3.14. The number of hydrogen-bond acceptors (Lipinski definition) is 4. The summed E-state index contributed by atoms with van der Waals surface area (Å²) in [5.74, 6) is 0.240. The zero-order chi connectivity index (χ0) is 16.8. The number of nitrogens with zero attached hydrogens (tertiary/aromatic N) is 1. The molecule has 0 amide bonds. The van der Waals surface area contributed by atoms with E-state index in [4.69, 9.17) is 9.47 Å². The van der Waals surface area contributed by atoms with Gasteiger partial charge in [-0.1, -0.05) is 42.5 Å². The Morgan fingerprint density at radius 1 is 1.12 bits per heavy atom. The second kappa shape index (κ2) is 7.42. The van der Waals surface area contributed by atoms with Gasteiger partial charge in [-0.25, -0.2) is 4.79 Å². The Morgan fingerprint density at radius 3 is 2.83 bits per heavy atom. The van der Waals surface area contributed by atoms with Gasteiger partial charge in [-0.3, -0.25) is 4.98 Å². The highest BCUT2D eigenvalue weighted by atomic mass is 16.5. The van der Waals surface area contributed by atoms with E-state index in [1.54, 1.807) is 31.6 Å². The van der Waals surface area contributed by atoms with E-state index in [2.05, 4.69) is 4.98 Å². The number of pyridine rings is 1. The molecule has 0 saturated heterocycles. The van der Waals surface area contributed by atoms with Gasteiger partial charge in [0.05, 0.1) is 7.11 Å². The second-order valence-corrected chi connectivity index (χ2v) is 5.20. The topological polar surface area (TPSA) is 48.4 Å². The van der Waals surface area contributed by atoms with Crippen LogP contribution < -0.4 is 4.74 Å². The maximum Gasteiger partial charge on any atom is 0.331 e. The molecule has 0 bridgehead atoms. The van der Waals surface area contributed by atoms with Gasteiger partial charge in [0, 0.05) is 24.0 Å². The number of benzene rings is 2. The number of aromatic nitrogens is 1. The van der Waals surface area contributed by atoms with E-state index in [9.17, 15) is 4.79 Å². The van der Waals surface area contributed by atoms with E-state index in [-0.39, 0.29) is 6.61 Å². The van der Waals surface area contributed by atoms with Crippen LogP contribution in [0.3, 0.4) is 0 Å². The summed E-state index contributed by atoms with van der Waals surface area (Å²) in [4.78, 5) is 16.0. The summed E-state index contributed by atoms with van der Waals surface area (Å²) in [7, 11) is 1.57. The average Bonchev–Trinajstić information content (AvgIpc) is 2.64. The molecule has 1 aromatic heterocycles. The average molecular weight is 319 g/mol. The van der Waals surface area contributed by atoms with Gasteiger partial charge in [0.2, 0.25) is 0 Å². The highest BCUT2D eigenvalue weighted by Gasteiger charge is 2.05. The summed E-state index contributed by atoms with van der Waals surface area (Å²) in [6.07, 6.45) is 6.46. The minimum atomic E-state index is -0.408. The van der Waals surface area contributed by atoms with Crippen LogP contribution in [0.15, 0.2) is 67.0 Å². The van der Waals surface area contributed by atoms with Gasteiger partial charge < -0.3 is 9.47 Å². The van der Waals surface area contributed by atoms with E-state index in [1.165, 1.54) is 6.08 Å². The van der Waals surface area contributed by atoms with Gasteiger partial charge in [0.1, 0.15) is 12.4 Å². The molecule has 0 atom stereocenters. The molecule has 2 aromatic carbocycles. The van der Waals surface area contributed by atoms with Gasteiger partial charge in [0.15, 0.2) is 0 Å². The number of carbonyl (C=O) groups excluding carboxylic acids is 1. The third kappa shape index (κ3) is 3.60. The fourth-order valence-corrected chi connectivity index (χ4v) is 2.47. The van der Waals surface area contributed by atoms with Crippen LogP contribution in [0.5, 0.6) is 5.75 Å². The van der Waals surface area contributed by atoms with Gasteiger partial charge in [0.25, 0.3) is 0 Å². The first-order valence-corrected chi connectivity index (χ1v) is 7.57. The zero-order valence-electron chi connectivity index (χ0n) is 13.3. The fourth-order valence-electron chi connectivity index (χ4n) is 2.47. The molecule has 0 spiro atoms. The maximum absolute atomic E-state index is 12.0. The highest BCUT2D eigenvalue weighted by molar-refractivity contribution is 5.94. The van der Waals surface area contributed by atoms with Crippen LogP contribution in [0.1, 0.15) is 11.1 Å². The Labute approximate surface area is 140 Å². The van der Waals surface area contributed by atoms with Crippen LogP contribution in [0, 0.1) is 0 Å². The molecule has 0 unspecified atom stereocenters. The van der Waals surface area contributed by atoms with E-state index >= 15 is 0 Å². The monoisotopic (exact) mass is 319 g/mol. The number of esters is 1. The normalized spacial score (nSPS) is 10.9. The Bertz CT molecular complexity index is 881. The van der Waals surface area contributed by atoms with Crippen LogP contribution in [0.2, 0.25) is 0 Å². The van der Waals surface area contributed by atoms with E-state index in [0.717, 1.165) is 21.9 Å². The minimum absolute atomic E-state index is 0.121. The predicted molar refractivity (Wildman–Crippen MR) is 93.6 cm³/mol. The molecular formula is C20H17NO3. The lowest BCUT2D eigenvalue weighted by molar-refractivity contribution is -0.138. The fraction of sp³-hybridized carbons (Fsp3) is 0.100. The van der Waals surface area contributed by atoms with Crippen molar-refractivity contribution in [3.8, 4) is 5.75 Å². The van der Waals surface area contributed by atoms with Crippen molar-refractivity contribution in [2.24, 2.45) is 0 Å². The molecule has 0 N–H and O–H groups in total. The summed E-state index contributed by atoms with van der Waals surface area (Å²) in [5.41, 5.74) is 1.70. The SMILES string of the molecule is COc1ccncc1COC(=O)/C=C/c1cccc2ccccc12.